The molecular weight excluding hydrogens is 270 g/mol. The zero-order valence-electron chi connectivity index (χ0n) is 10.4. The molecule has 1 saturated heterocycles. The summed E-state index contributed by atoms with van der Waals surface area (Å²) in [6, 6.07) is 4.29. The van der Waals surface area contributed by atoms with Gasteiger partial charge < -0.3 is 10.6 Å². The fourth-order valence-electron chi connectivity index (χ4n) is 2.25. The number of benzene rings is 1. The summed E-state index contributed by atoms with van der Waals surface area (Å²) in [5, 5.41) is 11.2. The Bertz CT molecular complexity index is 614. The Labute approximate surface area is 111 Å². The molecule has 1 heterocycles. The van der Waals surface area contributed by atoms with Crippen LogP contribution in [0.4, 0.5) is 11.4 Å². The van der Waals surface area contributed by atoms with Crippen LogP contribution >= 0.6 is 0 Å². The Kier molecular flexibility index (Phi) is 3.46. The largest absolute Gasteiger partial charge is 0.364 e. The fourth-order valence-corrected chi connectivity index (χ4v) is 3.11. The monoisotopic (exact) mass is 285 g/mol. The Morgan fingerprint density at radius 3 is 2.63 bits per heavy atom. The number of hydrogen-bond acceptors (Lipinski definition) is 6. The van der Waals surface area contributed by atoms with Crippen molar-refractivity contribution < 1.29 is 13.3 Å². The second kappa shape index (κ2) is 4.78. The minimum Gasteiger partial charge on any atom is -0.364 e. The average molecular weight is 285 g/mol. The van der Waals surface area contributed by atoms with Crippen LogP contribution in [-0.4, -0.2) is 38.7 Å². The molecule has 1 aromatic rings. The maximum Gasteiger partial charge on any atom is 0.311 e. The summed E-state index contributed by atoms with van der Waals surface area (Å²) in [7, 11) is -3.64. The molecule has 19 heavy (non-hydrogen) atoms. The molecule has 1 atom stereocenters. The van der Waals surface area contributed by atoms with Gasteiger partial charge in [0.15, 0.2) is 9.84 Å². The zero-order valence-corrected chi connectivity index (χ0v) is 11.3. The van der Waals surface area contributed by atoms with Gasteiger partial charge in [0.1, 0.15) is 10.6 Å². The van der Waals surface area contributed by atoms with Crippen molar-refractivity contribution in [1.82, 2.24) is 0 Å². The molecule has 0 aromatic heterocycles. The molecular formula is C11H15N3O4S. The highest BCUT2D eigenvalue weighted by Crippen LogP contribution is 2.35. The molecule has 0 saturated carbocycles. The van der Waals surface area contributed by atoms with E-state index in [1.165, 1.54) is 12.1 Å². The van der Waals surface area contributed by atoms with Crippen LogP contribution in [0.2, 0.25) is 0 Å². The quantitative estimate of drug-likeness (QED) is 0.641. The van der Waals surface area contributed by atoms with E-state index in [0.717, 1.165) is 12.7 Å². The van der Waals surface area contributed by atoms with E-state index in [2.05, 4.69) is 0 Å². The topological polar surface area (TPSA) is 107 Å². The van der Waals surface area contributed by atoms with E-state index >= 15 is 0 Å². The van der Waals surface area contributed by atoms with Crippen LogP contribution in [0, 0.1) is 10.1 Å². The van der Waals surface area contributed by atoms with E-state index in [9.17, 15) is 18.5 Å². The molecule has 2 rings (SSSR count). The van der Waals surface area contributed by atoms with Crippen LogP contribution in [0.1, 0.15) is 6.42 Å². The number of hydrogen-bond donors (Lipinski definition) is 1. The lowest BCUT2D eigenvalue weighted by molar-refractivity contribution is -0.387. The minimum atomic E-state index is -3.64. The Balaban J connectivity index is 2.59. The first-order chi connectivity index (χ1) is 8.80. The highest BCUT2D eigenvalue weighted by molar-refractivity contribution is 7.90. The smallest absolute Gasteiger partial charge is 0.311 e. The van der Waals surface area contributed by atoms with Crippen molar-refractivity contribution in [2.75, 3.05) is 24.2 Å². The van der Waals surface area contributed by atoms with Gasteiger partial charge in [0, 0.05) is 25.4 Å². The van der Waals surface area contributed by atoms with Gasteiger partial charge in [0.05, 0.1) is 4.92 Å². The molecule has 0 aliphatic carbocycles. The van der Waals surface area contributed by atoms with Crippen molar-refractivity contribution in [2.45, 2.75) is 17.4 Å². The molecule has 1 aliphatic rings. The first-order valence-corrected chi connectivity index (χ1v) is 7.68. The molecule has 0 radical (unpaired) electrons. The standard InChI is InChI=1S/C11H15N3O4S/c1-19(17,18)10-4-2-3-9(11(10)14(15)16)13-6-5-8(12)7-13/h2-4,8H,5-7,12H2,1H3. The summed E-state index contributed by atoms with van der Waals surface area (Å²) in [4.78, 5) is 12.1. The molecule has 8 heteroatoms. The Hall–Kier alpha value is -1.67. The van der Waals surface area contributed by atoms with Gasteiger partial charge in [-0.3, -0.25) is 10.1 Å². The van der Waals surface area contributed by atoms with Gasteiger partial charge in [0.2, 0.25) is 0 Å². The van der Waals surface area contributed by atoms with E-state index in [1.807, 2.05) is 0 Å². The summed E-state index contributed by atoms with van der Waals surface area (Å²) in [6.07, 6.45) is 1.70. The van der Waals surface area contributed by atoms with Gasteiger partial charge in [-0.15, -0.1) is 0 Å². The molecule has 0 spiro atoms. The van der Waals surface area contributed by atoms with Crippen LogP contribution < -0.4 is 10.6 Å². The van der Waals surface area contributed by atoms with Crippen LogP contribution in [0.15, 0.2) is 23.1 Å². The van der Waals surface area contributed by atoms with Gasteiger partial charge >= 0.3 is 5.69 Å². The summed E-state index contributed by atoms with van der Waals surface area (Å²) >= 11 is 0. The summed E-state index contributed by atoms with van der Waals surface area (Å²) < 4.78 is 23.3. The molecule has 7 nitrogen and oxygen atoms in total. The number of anilines is 1. The molecule has 1 aromatic carbocycles. The van der Waals surface area contributed by atoms with Crippen molar-refractivity contribution in [3.8, 4) is 0 Å². The van der Waals surface area contributed by atoms with Crippen molar-refractivity contribution in [3.63, 3.8) is 0 Å². The van der Waals surface area contributed by atoms with Crippen LogP contribution in [-0.2, 0) is 9.84 Å². The summed E-state index contributed by atoms with van der Waals surface area (Å²) in [5.41, 5.74) is 5.74. The molecule has 1 unspecified atom stereocenters. The molecule has 1 aliphatic heterocycles. The third-order valence-electron chi connectivity index (χ3n) is 3.13. The second-order valence-electron chi connectivity index (χ2n) is 4.65. The van der Waals surface area contributed by atoms with Crippen LogP contribution in [0.25, 0.3) is 0 Å². The Morgan fingerprint density at radius 1 is 1.47 bits per heavy atom. The van der Waals surface area contributed by atoms with E-state index in [-0.39, 0.29) is 16.6 Å². The third kappa shape index (κ3) is 2.69. The fraction of sp³-hybridized carbons (Fsp3) is 0.455. The van der Waals surface area contributed by atoms with Gasteiger partial charge in [-0.1, -0.05) is 6.07 Å². The number of nitro benzene ring substituents is 1. The van der Waals surface area contributed by atoms with Gasteiger partial charge in [-0.05, 0) is 18.6 Å². The van der Waals surface area contributed by atoms with Gasteiger partial charge in [-0.2, -0.15) is 0 Å². The molecule has 0 amide bonds. The lowest BCUT2D eigenvalue weighted by Gasteiger charge is -2.18. The third-order valence-corrected chi connectivity index (χ3v) is 4.25. The normalized spacial score (nSPS) is 19.7. The van der Waals surface area contributed by atoms with Gasteiger partial charge in [0.25, 0.3) is 0 Å². The number of sulfone groups is 1. The Morgan fingerprint density at radius 2 is 2.16 bits per heavy atom. The SMILES string of the molecule is CS(=O)(=O)c1cccc(N2CCC(N)C2)c1[N+](=O)[O-]. The number of para-hydroxylation sites is 1. The second-order valence-corrected chi connectivity index (χ2v) is 6.63. The number of rotatable bonds is 3. The van der Waals surface area contributed by atoms with E-state index in [0.29, 0.717) is 18.8 Å². The maximum absolute atomic E-state index is 11.6. The first-order valence-electron chi connectivity index (χ1n) is 5.78. The van der Waals surface area contributed by atoms with Crippen LogP contribution in [0.3, 0.4) is 0 Å². The lowest BCUT2D eigenvalue weighted by Crippen LogP contribution is -2.27. The molecule has 104 valence electrons. The molecule has 1 fully saturated rings. The summed E-state index contributed by atoms with van der Waals surface area (Å²) in [5.74, 6) is 0. The minimum absolute atomic E-state index is 0.0403. The van der Waals surface area contributed by atoms with E-state index in [1.54, 1.807) is 11.0 Å². The van der Waals surface area contributed by atoms with E-state index < -0.39 is 14.8 Å². The lowest BCUT2D eigenvalue weighted by atomic mass is 10.2. The number of nitrogens with zero attached hydrogens (tertiary/aromatic N) is 2. The average Bonchev–Trinajstić information content (AvgIpc) is 2.73. The maximum atomic E-state index is 11.6. The van der Waals surface area contributed by atoms with Crippen molar-refractivity contribution in [3.05, 3.63) is 28.3 Å². The van der Waals surface area contributed by atoms with Crippen molar-refractivity contribution >= 4 is 21.2 Å². The number of nitro groups is 1. The van der Waals surface area contributed by atoms with Crippen molar-refractivity contribution in [2.24, 2.45) is 5.73 Å². The first kappa shape index (κ1) is 13.8. The molecule has 0 bridgehead atoms. The highest BCUT2D eigenvalue weighted by Gasteiger charge is 2.31. The number of nitrogens with two attached hydrogens (primary N) is 1. The summed E-state index contributed by atoms with van der Waals surface area (Å²) in [6.45, 7) is 1.09. The van der Waals surface area contributed by atoms with E-state index in [4.69, 9.17) is 5.73 Å². The molecule has 2 N–H and O–H groups in total. The van der Waals surface area contributed by atoms with Gasteiger partial charge in [-0.25, -0.2) is 8.42 Å². The predicted octanol–water partition coefficient (Wildman–Crippen LogP) is 0.536. The highest BCUT2D eigenvalue weighted by atomic mass is 32.2. The zero-order chi connectivity index (χ0) is 14.2. The van der Waals surface area contributed by atoms with Crippen molar-refractivity contribution in [1.29, 1.82) is 0 Å². The predicted molar refractivity (Wildman–Crippen MR) is 71.0 cm³/mol. The van der Waals surface area contributed by atoms with Crippen LogP contribution in [0.5, 0.6) is 0 Å².